The van der Waals surface area contributed by atoms with E-state index in [0.717, 1.165) is 57.3 Å². The van der Waals surface area contributed by atoms with Gasteiger partial charge < -0.3 is 14.7 Å². The molecule has 0 atom stereocenters. The molecule has 26 heavy (non-hydrogen) atoms. The van der Waals surface area contributed by atoms with E-state index in [9.17, 15) is 4.79 Å². The van der Waals surface area contributed by atoms with E-state index in [1.807, 2.05) is 0 Å². The lowest BCUT2D eigenvalue weighted by Gasteiger charge is -2.36. The number of rotatable bonds is 4. The van der Waals surface area contributed by atoms with Crippen molar-refractivity contribution in [3.8, 4) is 0 Å². The molecule has 6 heteroatoms. The van der Waals surface area contributed by atoms with E-state index in [-0.39, 0.29) is 0 Å². The zero-order valence-electron chi connectivity index (χ0n) is 15.8. The van der Waals surface area contributed by atoms with Gasteiger partial charge in [0.1, 0.15) is 0 Å². The summed E-state index contributed by atoms with van der Waals surface area (Å²) in [5.41, 5.74) is 0. The third-order valence-corrected chi connectivity index (χ3v) is 6.21. The Labute approximate surface area is 156 Å². The van der Waals surface area contributed by atoms with Gasteiger partial charge in [-0.25, -0.2) is 0 Å². The van der Waals surface area contributed by atoms with Crippen molar-refractivity contribution in [3.05, 3.63) is 12.1 Å². The summed E-state index contributed by atoms with van der Waals surface area (Å²) in [6, 6.07) is 4.18. The molecule has 0 radical (unpaired) electrons. The molecule has 1 aromatic rings. The second kappa shape index (κ2) is 8.23. The van der Waals surface area contributed by atoms with Crippen molar-refractivity contribution in [2.45, 2.75) is 51.4 Å². The van der Waals surface area contributed by atoms with Gasteiger partial charge in [-0.1, -0.05) is 19.3 Å². The Hall–Kier alpha value is -1.85. The first kappa shape index (κ1) is 17.6. The van der Waals surface area contributed by atoms with Crippen LogP contribution in [-0.2, 0) is 4.79 Å². The van der Waals surface area contributed by atoms with Gasteiger partial charge in [-0.3, -0.25) is 4.79 Å². The fraction of sp³-hybridized carbons (Fsp3) is 0.750. The number of hydrogen-bond donors (Lipinski definition) is 0. The van der Waals surface area contributed by atoms with Crippen molar-refractivity contribution in [2.75, 3.05) is 49.1 Å². The quantitative estimate of drug-likeness (QED) is 0.829. The van der Waals surface area contributed by atoms with Crippen LogP contribution in [0.5, 0.6) is 0 Å². The average molecular weight is 358 g/mol. The molecule has 142 valence electrons. The molecule has 0 unspecified atom stereocenters. The molecule has 0 spiro atoms. The summed E-state index contributed by atoms with van der Waals surface area (Å²) in [6.45, 7) is 5.51. The van der Waals surface area contributed by atoms with E-state index in [0.29, 0.717) is 11.8 Å². The van der Waals surface area contributed by atoms with Crippen LogP contribution in [0.3, 0.4) is 0 Å². The first-order valence-corrected chi connectivity index (χ1v) is 10.4. The minimum absolute atomic E-state index is 0.354. The Kier molecular flexibility index (Phi) is 5.56. The second-order valence-electron chi connectivity index (χ2n) is 8.02. The van der Waals surface area contributed by atoms with Crippen LogP contribution in [0.4, 0.5) is 11.6 Å². The summed E-state index contributed by atoms with van der Waals surface area (Å²) in [4.78, 5) is 19.2. The molecule has 3 aliphatic rings. The highest BCUT2D eigenvalue weighted by molar-refractivity contribution is 5.76. The van der Waals surface area contributed by atoms with Crippen LogP contribution < -0.4 is 9.80 Å². The molecule has 3 fully saturated rings. The predicted octanol–water partition coefficient (Wildman–Crippen LogP) is 2.70. The number of aromatic nitrogens is 2. The highest BCUT2D eigenvalue weighted by Crippen LogP contribution is 2.27. The van der Waals surface area contributed by atoms with E-state index in [1.54, 1.807) is 0 Å². The fourth-order valence-corrected chi connectivity index (χ4v) is 4.55. The van der Waals surface area contributed by atoms with E-state index in [4.69, 9.17) is 0 Å². The average Bonchev–Trinajstić information content (AvgIpc) is 3.24. The highest BCUT2D eigenvalue weighted by atomic mass is 16.2. The van der Waals surface area contributed by atoms with Crippen molar-refractivity contribution >= 4 is 17.5 Å². The van der Waals surface area contributed by atoms with Gasteiger partial charge >= 0.3 is 0 Å². The predicted molar refractivity (Wildman–Crippen MR) is 103 cm³/mol. The Bertz CT molecular complexity index is 585. The maximum Gasteiger partial charge on any atom is 0.222 e. The summed E-state index contributed by atoms with van der Waals surface area (Å²) >= 11 is 0. The van der Waals surface area contributed by atoms with Crippen molar-refractivity contribution in [1.82, 2.24) is 15.1 Å². The molecule has 1 aliphatic carbocycles. The fourth-order valence-electron chi connectivity index (χ4n) is 4.55. The molecule has 2 saturated heterocycles. The lowest BCUT2D eigenvalue weighted by molar-refractivity contribution is -0.132. The SMILES string of the molecule is O=C(CC1CCCCC1)N1CCN(c2ccc(N3CCCC3)nn2)CC1. The lowest BCUT2D eigenvalue weighted by atomic mass is 9.86. The highest BCUT2D eigenvalue weighted by Gasteiger charge is 2.25. The molecule has 0 bridgehead atoms. The number of carbonyl (C=O) groups is 1. The molecule has 1 aromatic heterocycles. The van der Waals surface area contributed by atoms with Crippen LogP contribution in [0.15, 0.2) is 12.1 Å². The summed E-state index contributed by atoms with van der Waals surface area (Å²) in [7, 11) is 0. The zero-order valence-corrected chi connectivity index (χ0v) is 15.8. The monoisotopic (exact) mass is 357 g/mol. The van der Waals surface area contributed by atoms with Crippen LogP contribution in [0.25, 0.3) is 0 Å². The van der Waals surface area contributed by atoms with Crippen LogP contribution >= 0.6 is 0 Å². The minimum Gasteiger partial charge on any atom is -0.355 e. The molecular formula is C20H31N5O. The van der Waals surface area contributed by atoms with Crippen LogP contribution in [0.2, 0.25) is 0 Å². The summed E-state index contributed by atoms with van der Waals surface area (Å²) in [5, 5.41) is 8.86. The molecule has 6 nitrogen and oxygen atoms in total. The van der Waals surface area contributed by atoms with Gasteiger partial charge in [0.2, 0.25) is 5.91 Å². The van der Waals surface area contributed by atoms with E-state index < -0.39 is 0 Å². The zero-order chi connectivity index (χ0) is 17.8. The van der Waals surface area contributed by atoms with Crippen LogP contribution in [0, 0.1) is 5.92 Å². The van der Waals surface area contributed by atoms with Gasteiger partial charge in [-0.15, -0.1) is 10.2 Å². The van der Waals surface area contributed by atoms with E-state index in [2.05, 4.69) is 37.0 Å². The standard InChI is InChI=1S/C20H31N5O/c26-20(16-17-6-2-1-3-7-17)25-14-12-24(13-15-25)19-9-8-18(21-22-19)23-10-4-5-11-23/h8-9,17H,1-7,10-16H2. The second-order valence-corrected chi connectivity index (χ2v) is 8.02. The maximum absolute atomic E-state index is 12.6. The smallest absolute Gasteiger partial charge is 0.222 e. The number of carbonyl (C=O) groups excluding carboxylic acids is 1. The molecular weight excluding hydrogens is 326 g/mol. The van der Waals surface area contributed by atoms with Crippen molar-refractivity contribution in [1.29, 1.82) is 0 Å². The van der Waals surface area contributed by atoms with Gasteiger partial charge in [0, 0.05) is 45.7 Å². The number of anilines is 2. The molecule has 1 saturated carbocycles. The van der Waals surface area contributed by atoms with Gasteiger partial charge in [0.05, 0.1) is 0 Å². The first-order valence-electron chi connectivity index (χ1n) is 10.4. The topological polar surface area (TPSA) is 52.6 Å². The first-order chi connectivity index (χ1) is 12.8. The van der Waals surface area contributed by atoms with E-state index in [1.165, 1.54) is 44.9 Å². The van der Waals surface area contributed by atoms with Crippen molar-refractivity contribution in [3.63, 3.8) is 0 Å². The van der Waals surface area contributed by atoms with Crippen LogP contribution in [0.1, 0.15) is 51.4 Å². The Morgan fingerprint density at radius 1 is 0.808 bits per heavy atom. The molecule has 2 aliphatic heterocycles. The van der Waals surface area contributed by atoms with Gasteiger partial charge in [0.15, 0.2) is 11.6 Å². The summed E-state index contributed by atoms with van der Waals surface area (Å²) < 4.78 is 0. The summed E-state index contributed by atoms with van der Waals surface area (Å²) in [6.07, 6.45) is 9.69. The third kappa shape index (κ3) is 4.10. The van der Waals surface area contributed by atoms with Gasteiger partial charge in [-0.05, 0) is 43.7 Å². The Balaban J connectivity index is 1.27. The van der Waals surface area contributed by atoms with Gasteiger partial charge in [0.25, 0.3) is 0 Å². The van der Waals surface area contributed by atoms with Crippen molar-refractivity contribution < 1.29 is 4.79 Å². The van der Waals surface area contributed by atoms with Crippen LogP contribution in [-0.4, -0.2) is 60.3 Å². The van der Waals surface area contributed by atoms with Crippen molar-refractivity contribution in [2.24, 2.45) is 5.92 Å². The van der Waals surface area contributed by atoms with E-state index >= 15 is 0 Å². The molecule has 3 heterocycles. The normalized spacial score (nSPS) is 22.1. The Morgan fingerprint density at radius 2 is 1.38 bits per heavy atom. The molecule has 1 amide bonds. The largest absolute Gasteiger partial charge is 0.355 e. The molecule has 0 N–H and O–H groups in total. The summed E-state index contributed by atoms with van der Waals surface area (Å²) in [5.74, 6) is 2.91. The number of nitrogens with zero attached hydrogens (tertiary/aromatic N) is 5. The van der Waals surface area contributed by atoms with Gasteiger partial charge in [-0.2, -0.15) is 0 Å². The Morgan fingerprint density at radius 3 is 1.96 bits per heavy atom. The molecule has 4 rings (SSSR count). The minimum atomic E-state index is 0.354. The number of piperazine rings is 1. The number of hydrogen-bond acceptors (Lipinski definition) is 5. The third-order valence-electron chi connectivity index (χ3n) is 6.21. The maximum atomic E-state index is 12.6. The lowest BCUT2D eigenvalue weighted by Crippen LogP contribution is -2.49. The number of amides is 1. The molecule has 0 aromatic carbocycles.